The highest BCUT2D eigenvalue weighted by molar-refractivity contribution is 7.80. The van der Waals surface area contributed by atoms with Crippen LogP contribution < -0.4 is 21.5 Å². The Morgan fingerprint density at radius 2 is 1.53 bits per heavy atom. The van der Waals surface area contributed by atoms with Gasteiger partial charge in [-0.2, -0.15) is 10.2 Å². The molecule has 0 aliphatic heterocycles. The van der Waals surface area contributed by atoms with Gasteiger partial charge in [0.15, 0.2) is 10.2 Å². The van der Waals surface area contributed by atoms with Crippen LogP contribution in [0.25, 0.3) is 0 Å². The van der Waals surface area contributed by atoms with Crippen LogP contribution >= 0.6 is 24.4 Å². The van der Waals surface area contributed by atoms with Crippen molar-refractivity contribution < 1.29 is 4.39 Å². The summed E-state index contributed by atoms with van der Waals surface area (Å²) in [5.41, 5.74) is 11.0. The van der Waals surface area contributed by atoms with E-state index in [0.717, 1.165) is 22.5 Å². The smallest absolute Gasteiger partial charge is 0.186 e. The Labute approximate surface area is 199 Å². The number of hydrogen-bond donors (Lipinski definition) is 4. The van der Waals surface area contributed by atoms with E-state index in [2.05, 4.69) is 42.3 Å². The molecule has 0 saturated heterocycles. The lowest BCUT2D eigenvalue weighted by Crippen LogP contribution is -2.35. The van der Waals surface area contributed by atoms with Crippen LogP contribution in [0, 0.1) is 19.7 Å². The molecule has 0 fully saturated rings. The van der Waals surface area contributed by atoms with E-state index in [1.165, 1.54) is 12.1 Å². The number of nitrogens with zero attached hydrogens (tertiary/aromatic N) is 3. The summed E-state index contributed by atoms with van der Waals surface area (Å²) in [5.74, 6) is -0.248. The van der Waals surface area contributed by atoms with Crippen LogP contribution in [0.15, 0.2) is 40.5 Å². The first kappa shape index (κ1) is 25.4. The average Bonchev–Trinajstić information content (AvgIpc) is 3.02. The summed E-state index contributed by atoms with van der Waals surface area (Å²) < 4.78 is 15.4. The van der Waals surface area contributed by atoms with Crippen LogP contribution in [0.3, 0.4) is 0 Å². The summed E-state index contributed by atoms with van der Waals surface area (Å²) in [4.78, 5) is 0. The third-order valence-electron chi connectivity index (χ3n) is 4.69. The molecule has 0 aliphatic rings. The Kier molecular flexibility index (Phi) is 9.73. The molecular weight excluding hydrogens is 445 g/mol. The maximum Gasteiger partial charge on any atom is 0.186 e. The third-order valence-corrected chi connectivity index (χ3v) is 5.17. The van der Waals surface area contributed by atoms with E-state index in [1.807, 2.05) is 34.6 Å². The van der Waals surface area contributed by atoms with Crippen molar-refractivity contribution in [3.05, 3.63) is 58.7 Å². The first-order valence-electron chi connectivity index (χ1n) is 10.4. The number of halogens is 1. The normalized spacial score (nSPS) is 11.8. The number of rotatable bonds is 8. The van der Waals surface area contributed by atoms with Crippen LogP contribution in [0.2, 0.25) is 0 Å². The SMILES string of the molecule is CCNC(=S)N/N=C(C)/C(=N/NC(=S)NCC)c1cc(C)n(Cc2ccc(F)cc2)c1C. The van der Waals surface area contributed by atoms with Crippen molar-refractivity contribution in [3.63, 3.8) is 0 Å². The quantitative estimate of drug-likeness (QED) is 0.267. The zero-order valence-electron chi connectivity index (χ0n) is 19.0. The number of thiocarbonyl (C=S) groups is 2. The van der Waals surface area contributed by atoms with Gasteiger partial charge in [-0.1, -0.05) is 12.1 Å². The number of nitrogens with one attached hydrogen (secondary N) is 4. The lowest BCUT2D eigenvalue weighted by Gasteiger charge is -2.12. The molecule has 0 amide bonds. The molecule has 0 atom stereocenters. The van der Waals surface area contributed by atoms with Crippen LogP contribution in [0.1, 0.15) is 43.3 Å². The summed E-state index contributed by atoms with van der Waals surface area (Å²) in [6.45, 7) is 11.8. The van der Waals surface area contributed by atoms with Crippen LogP contribution in [-0.4, -0.2) is 39.3 Å². The van der Waals surface area contributed by atoms with Gasteiger partial charge in [-0.25, -0.2) is 4.39 Å². The fraction of sp³-hybridized carbons (Fsp3) is 0.364. The minimum absolute atomic E-state index is 0.248. The molecule has 0 saturated carbocycles. The molecule has 0 radical (unpaired) electrons. The van der Waals surface area contributed by atoms with Gasteiger partial charge < -0.3 is 15.2 Å². The highest BCUT2D eigenvalue weighted by atomic mass is 32.1. The second-order valence-electron chi connectivity index (χ2n) is 7.10. The molecule has 0 unspecified atom stereocenters. The molecule has 32 heavy (non-hydrogen) atoms. The third kappa shape index (κ3) is 7.10. The molecule has 2 aromatic rings. The lowest BCUT2D eigenvalue weighted by molar-refractivity contribution is 0.626. The second-order valence-corrected chi connectivity index (χ2v) is 7.91. The molecule has 1 heterocycles. The monoisotopic (exact) mass is 475 g/mol. The van der Waals surface area contributed by atoms with Crippen LogP contribution in [0.4, 0.5) is 4.39 Å². The van der Waals surface area contributed by atoms with Crippen molar-refractivity contribution in [2.75, 3.05) is 13.1 Å². The van der Waals surface area contributed by atoms with Crippen LogP contribution in [-0.2, 0) is 6.54 Å². The highest BCUT2D eigenvalue weighted by Crippen LogP contribution is 2.19. The summed E-state index contributed by atoms with van der Waals surface area (Å²) in [5, 5.41) is 15.8. The van der Waals surface area contributed by atoms with E-state index in [4.69, 9.17) is 24.4 Å². The number of aromatic nitrogens is 1. The zero-order valence-corrected chi connectivity index (χ0v) is 20.7. The molecule has 0 bridgehead atoms. The molecule has 0 aliphatic carbocycles. The van der Waals surface area contributed by atoms with Gasteiger partial charge in [-0.15, -0.1) is 0 Å². The Bertz CT molecular complexity index is 1010. The Morgan fingerprint density at radius 1 is 0.969 bits per heavy atom. The van der Waals surface area contributed by atoms with Gasteiger partial charge in [-0.05, 0) is 82.8 Å². The van der Waals surface area contributed by atoms with Crippen molar-refractivity contribution in [2.24, 2.45) is 10.2 Å². The minimum atomic E-state index is -0.248. The number of hydrazone groups is 2. The van der Waals surface area contributed by atoms with Gasteiger partial charge in [0.2, 0.25) is 0 Å². The maximum absolute atomic E-state index is 13.3. The summed E-state index contributed by atoms with van der Waals surface area (Å²) in [7, 11) is 0. The van der Waals surface area contributed by atoms with E-state index in [-0.39, 0.29) is 5.82 Å². The standard InChI is InChI=1S/C22H30FN7S2/c1-6-24-21(31)28-26-15(4)20(27-29-22(32)25-7-2)19-12-14(3)30(16(19)5)13-17-8-10-18(23)11-9-17/h8-12H,6-7,13H2,1-5H3,(H2,24,28,31)(H2,25,29,32)/b26-15+,27-20-. The largest absolute Gasteiger partial charge is 0.362 e. The highest BCUT2D eigenvalue weighted by Gasteiger charge is 2.17. The summed E-state index contributed by atoms with van der Waals surface area (Å²) in [6.07, 6.45) is 0. The topological polar surface area (TPSA) is 77.8 Å². The van der Waals surface area contributed by atoms with E-state index >= 15 is 0 Å². The van der Waals surface area contributed by atoms with Gasteiger partial charge in [0.25, 0.3) is 0 Å². The molecule has 1 aromatic heterocycles. The molecule has 1 aromatic carbocycles. The van der Waals surface area contributed by atoms with Gasteiger partial charge >= 0.3 is 0 Å². The first-order chi connectivity index (χ1) is 15.3. The first-order valence-corrected chi connectivity index (χ1v) is 11.2. The maximum atomic E-state index is 13.3. The number of benzene rings is 1. The molecule has 2 rings (SSSR count). The van der Waals surface area contributed by atoms with Crippen molar-refractivity contribution >= 4 is 46.1 Å². The zero-order chi connectivity index (χ0) is 23.7. The number of hydrogen-bond acceptors (Lipinski definition) is 4. The number of aryl methyl sites for hydroxylation is 1. The summed E-state index contributed by atoms with van der Waals surface area (Å²) in [6, 6.07) is 8.57. The molecule has 7 nitrogen and oxygen atoms in total. The Morgan fingerprint density at radius 3 is 2.09 bits per heavy atom. The minimum Gasteiger partial charge on any atom is -0.362 e. The average molecular weight is 476 g/mol. The van der Waals surface area contributed by atoms with Crippen molar-refractivity contribution in [3.8, 4) is 0 Å². The molecule has 0 spiro atoms. The molecular formula is C22H30FN7S2. The van der Waals surface area contributed by atoms with E-state index in [9.17, 15) is 4.39 Å². The molecule has 4 N–H and O–H groups in total. The predicted octanol–water partition coefficient (Wildman–Crippen LogP) is 3.34. The van der Waals surface area contributed by atoms with E-state index in [1.54, 1.807) is 12.1 Å². The lowest BCUT2D eigenvalue weighted by atomic mass is 10.1. The predicted molar refractivity (Wildman–Crippen MR) is 138 cm³/mol. The van der Waals surface area contributed by atoms with E-state index < -0.39 is 0 Å². The Balaban J connectivity index is 2.40. The van der Waals surface area contributed by atoms with Crippen LogP contribution in [0.5, 0.6) is 0 Å². The van der Waals surface area contributed by atoms with Crippen molar-refractivity contribution in [1.82, 2.24) is 26.1 Å². The molecule has 172 valence electrons. The summed E-state index contributed by atoms with van der Waals surface area (Å²) >= 11 is 10.5. The van der Waals surface area contributed by atoms with Gasteiger partial charge in [0, 0.05) is 36.6 Å². The van der Waals surface area contributed by atoms with Crippen molar-refractivity contribution in [2.45, 2.75) is 41.2 Å². The van der Waals surface area contributed by atoms with Gasteiger partial charge in [0.1, 0.15) is 11.5 Å². The fourth-order valence-electron chi connectivity index (χ4n) is 3.09. The Hall–Kier alpha value is -2.85. The van der Waals surface area contributed by atoms with E-state index in [0.29, 0.717) is 41.3 Å². The fourth-order valence-corrected chi connectivity index (χ4v) is 3.47. The van der Waals surface area contributed by atoms with Gasteiger partial charge in [0.05, 0.1) is 5.71 Å². The molecule has 10 heteroatoms. The second kappa shape index (κ2) is 12.3. The van der Waals surface area contributed by atoms with Gasteiger partial charge in [-0.3, -0.25) is 10.9 Å². The van der Waals surface area contributed by atoms with Crippen molar-refractivity contribution in [1.29, 1.82) is 0 Å².